The van der Waals surface area contributed by atoms with Crippen molar-refractivity contribution >= 4 is 11.8 Å². The van der Waals surface area contributed by atoms with Crippen molar-refractivity contribution in [1.82, 2.24) is 10.2 Å². The molecule has 1 fully saturated rings. The van der Waals surface area contributed by atoms with Gasteiger partial charge in [-0.3, -0.25) is 9.59 Å². The molecule has 1 aromatic carbocycles. The summed E-state index contributed by atoms with van der Waals surface area (Å²) in [7, 11) is 0. The van der Waals surface area contributed by atoms with Crippen molar-refractivity contribution in [3.63, 3.8) is 0 Å². The van der Waals surface area contributed by atoms with Crippen molar-refractivity contribution in [2.75, 3.05) is 26.3 Å². The predicted octanol–water partition coefficient (Wildman–Crippen LogP) is 6.08. The standard InChI is InChI=1S/C31H50N2O5/c1-2-3-4-5-6-7-8-9-10-11-12-13-14-17-28(34)32-29(31(36)33-20-15-16-21-33)30(35)25-18-19-26-27(24-25)38-23-22-37-26/h18-19,24,29-30,35H,2-17,20-23H2,1H3,(H,32,34)/t29-,30+/m0/s1. The number of aliphatic hydroxyl groups excluding tert-OH is 1. The molecule has 7 nitrogen and oxygen atoms in total. The Labute approximate surface area is 229 Å². The second-order valence-corrected chi connectivity index (χ2v) is 10.9. The number of nitrogens with zero attached hydrogens (tertiary/aromatic N) is 1. The molecule has 0 aliphatic carbocycles. The molecule has 214 valence electrons. The van der Waals surface area contributed by atoms with Gasteiger partial charge in [0.2, 0.25) is 11.8 Å². The summed E-state index contributed by atoms with van der Waals surface area (Å²) >= 11 is 0. The number of nitrogens with one attached hydrogen (secondary N) is 1. The molecule has 7 heteroatoms. The van der Waals surface area contributed by atoms with E-state index in [-0.39, 0.29) is 11.8 Å². The summed E-state index contributed by atoms with van der Waals surface area (Å²) in [6.45, 7) is 4.52. The van der Waals surface area contributed by atoms with Crippen LogP contribution in [0.4, 0.5) is 0 Å². The van der Waals surface area contributed by atoms with E-state index in [9.17, 15) is 14.7 Å². The first-order valence-electron chi connectivity index (χ1n) is 15.3. The van der Waals surface area contributed by atoms with Crippen molar-refractivity contribution in [3.8, 4) is 11.5 Å². The maximum atomic E-state index is 13.3. The lowest BCUT2D eigenvalue weighted by atomic mass is 9.99. The topological polar surface area (TPSA) is 88.1 Å². The number of rotatable bonds is 18. The van der Waals surface area contributed by atoms with Gasteiger partial charge in [-0.25, -0.2) is 0 Å². The zero-order valence-corrected chi connectivity index (χ0v) is 23.6. The number of ether oxygens (including phenoxy) is 2. The van der Waals surface area contributed by atoms with Crippen molar-refractivity contribution in [3.05, 3.63) is 23.8 Å². The Morgan fingerprint density at radius 1 is 0.842 bits per heavy atom. The number of benzene rings is 1. The van der Waals surface area contributed by atoms with Gasteiger partial charge in [-0.15, -0.1) is 0 Å². The molecule has 38 heavy (non-hydrogen) atoms. The lowest BCUT2D eigenvalue weighted by Crippen LogP contribution is -2.51. The van der Waals surface area contributed by atoms with E-state index >= 15 is 0 Å². The normalized spacial score (nSPS) is 16.3. The molecule has 2 amide bonds. The Balaban J connectivity index is 1.39. The van der Waals surface area contributed by atoms with E-state index in [1.165, 1.54) is 64.2 Å². The average molecular weight is 531 g/mol. The van der Waals surface area contributed by atoms with E-state index in [1.54, 1.807) is 23.1 Å². The van der Waals surface area contributed by atoms with Gasteiger partial charge in [0.1, 0.15) is 25.4 Å². The number of unbranched alkanes of at least 4 members (excludes halogenated alkanes) is 12. The van der Waals surface area contributed by atoms with Crippen LogP contribution in [0.15, 0.2) is 18.2 Å². The lowest BCUT2D eigenvalue weighted by molar-refractivity contribution is -0.139. The molecule has 0 bridgehead atoms. The summed E-state index contributed by atoms with van der Waals surface area (Å²) in [5, 5.41) is 14.1. The van der Waals surface area contributed by atoms with Crippen molar-refractivity contribution in [2.24, 2.45) is 0 Å². The Bertz CT molecular complexity index is 840. The molecule has 0 saturated carbocycles. The molecular formula is C31H50N2O5. The average Bonchev–Trinajstić information content (AvgIpc) is 3.48. The zero-order chi connectivity index (χ0) is 27.0. The van der Waals surface area contributed by atoms with E-state index < -0.39 is 12.1 Å². The molecule has 1 aromatic rings. The predicted molar refractivity (Wildman–Crippen MR) is 150 cm³/mol. The van der Waals surface area contributed by atoms with Gasteiger partial charge in [0.25, 0.3) is 0 Å². The second kappa shape index (κ2) is 17.3. The molecule has 3 rings (SSSR count). The summed E-state index contributed by atoms with van der Waals surface area (Å²) in [5.41, 5.74) is 0.535. The minimum absolute atomic E-state index is 0.179. The summed E-state index contributed by atoms with van der Waals surface area (Å²) in [5.74, 6) is 0.783. The number of amides is 2. The molecule has 0 aromatic heterocycles. The Kier molecular flexibility index (Phi) is 13.8. The van der Waals surface area contributed by atoms with Crippen LogP contribution in [-0.4, -0.2) is 54.2 Å². The monoisotopic (exact) mass is 530 g/mol. The van der Waals surface area contributed by atoms with Gasteiger partial charge in [-0.2, -0.15) is 0 Å². The SMILES string of the molecule is CCCCCCCCCCCCCCCC(=O)N[C@H](C(=O)N1CCCC1)[C@H](O)c1ccc2c(c1)OCCO2. The molecule has 2 N–H and O–H groups in total. The van der Waals surface area contributed by atoms with Gasteiger partial charge in [-0.1, -0.05) is 90.0 Å². The minimum atomic E-state index is -1.16. The van der Waals surface area contributed by atoms with Gasteiger partial charge in [0.15, 0.2) is 11.5 Å². The van der Waals surface area contributed by atoms with Crippen LogP contribution in [0.3, 0.4) is 0 Å². The molecule has 0 unspecified atom stereocenters. The first-order valence-corrected chi connectivity index (χ1v) is 15.3. The Hall–Kier alpha value is -2.28. The van der Waals surface area contributed by atoms with E-state index in [4.69, 9.17) is 9.47 Å². The first-order chi connectivity index (χ1) is 18.6. The fraction of sp³-hybridized carbons (Fsp3) is 0.742. The number of aliphatic hydroxyl groups is 1. The largest absolute Gasteiger partial charge is 0.486 e. The van der Waals surface area contributed by atoms with E-state index in [0.29, 0.717) is 49.8 Å². The van der Waals surface area contributed by atoms with Crippen LogP contribution in [0.1, 0.15) is 121 Å². The van der Waals surface area contributed by atoms with Crippen LogP contribution >= 0.6 is 0 Å². The fourth-order valence-electron chi connectivity index (χ4n) is 5.40. The van der Waals surface area contributed by atoms with Crippen LogP contribution in [0.25, 0.3) is 0 Å². The Morgan fingerprint density at radius 3 is 2.00 bits per heavy atom. The first kappa shape index (κ1) is 30.3. The number of carbonyl (C=O) groups excluding carboxylic acids is 2. The number of carbonyl (C=O) groups is 2. The highest BCUT2D eigenvalue weighted by molar-refractivity contribution is 5.88. The summed E-state index contributed by atoms with van der Waals surface area (Å²) < 4.78 is 11.2. The molecule has 2 atom stereocenters. The van der Waals surface area contributed by atoms with Crippen LogP contribution in [-0.2, 0) is 9.59 Å². The third kappa shape index (κ3) is 10.1. The third-order valence-electron chi connectivity index (χ3n) is 7.73. The van der Waals surface area contributed by atoms with Crippen LogP contribution in [0.5, 0.6) is 11.5 Å². The molecule has 0 radical (unpaired) electrons. The highest BCUT2D eigenvalue weighted by Crippen LogP contribution is 2.33. The number of likely N-dealkylation sites (tertiary alicyclic amines) is 1. The Morgan fingerprint density at radius 2 is 1.39 bits per heavy atom. The minimum Gasteiger partial charge on any atom is -0.486 e. The van der Waals surface area contributed by atoms with E-state index in [2.05, 4.69) is 12.2 Å². The quantitative estimate of drug-likeness (QED) is 0.225. The molecule has 2 aliphatic rings. The molecule has 2 heterocycles. The molecule has 1 saturated heterocycles. The van der Waals surface area contributed by atoms with Crippen molar-refractivity contribution in [2.45, 2.75) is 122 Å². The van der Waals surface area contributed by atoms with Gasteiger partial charge in [0, 0.05) is 19.5 Å². The highest BCUT2D eigenvalue weighted by atomic mass is 16.6. The van der Waals surface area contributed by atoms with E-state index in [1.807, 2.05) is 0 Å². The van der Waals surface area contributed by atoms with Gasteiger partial charge in [-0.05, 0) is 37.0 Å². The maximum Gasteiger partial charge on any atom is 0.248 e. The molecular weight excluding hydrogens is 480 g/mol. The van der Waals surface area contributed by atoms with Crippen LogP contribution in [0, 0.1) is 0 Å². The summed E-state index contributed by atoms with van der Waals surface area (Å²) in [6.07, 6.45) is 17.4. The van der Waals surface area contributed by atoms with E-state index in [0.717, 1.165) is 32.1 Å². The zero-order valence-electron chi connectivity index (χ0n) is 23.6. The van der Waals surface area contributed by atoms with Gasteiger partial charge >= 0.3 is 0 Å². The summed E-state index contributed by atoms with van der Waals surface area (Å²) in [6, 6.07) is 4.19. The summed E-state index contributed by atoms with van der Waals surface area (Å²) in [4.78, 5) is 27.8. The highest BCUT2D eigenvalue weighted by Gasteiger charge is 2.34. The maximum absolute atomic E-state index is 13.3. The lowest BCUT2D eigenvalue weighted by Gasteiger charge is -2.28. The van der Waals surface area contributed by atoms with Crippen LogP contribution < -0.4 is 14.8 Å². The number of fused-ring (bicyclic) bond motifs is 1. The smallest absolute Gasteiger partial charge is 0.248 e. The fourth-order valence-corrected chi connectivity index (χ4v) is 5.40. The van der Waals surface area contributed by atoms with Gasteiger partial charge < -0.3 is 24.8 Å². The molecule has 2 aliphatic heterocycles. The van der Waals surface area contributed by atoms with Crippen molar-refractivity contribution < 1.29 is 24.2 Å². The number of hydrogen-bond acceptors (Lipinski definition) is 5. The molecule has 0 spiro atoms. The second-order valence-electron chi connectivity index (χ2n) is 10.9. The van der Waals surface area contributed by atoms with Crippen molar-refractivity contribution in [1.29, 1.82) is 0 Å². The van der Waals surface area contributed by atoms with Crippen LogP contribution in [0.2, 0.25) is 0 Å². The third-order valence-corrected chi connectivity index (χ3v) is 7.73. The number of hydrogen-bond donors (Lipinski definition) is 2. The van der Waals surface area contributed by atoms with Gasteiger partial charge in [0.05, 0.1) is 0 Å².